The average Bonchev–Trinajstić information content (AvgIpc) is 2.31. The standard InChI is InChI=1S/C9H9FO2.C2H6/c1-12-9(11)8(10)7-5-3-2-4-6-7;1-2/h2-6,8H,1H3;1-2H3. The van der Waals surface area contributed by atoms with Crippen LogP contribution in [0.1, 0.15) is 25.6 Å². The fraction of sp³-hybridized carbons (Fsp3) is 0.364. The minimum Gasteiger partial charge on any atom is -0.467 e. The Morgan fingerprint density at radius 1 is 1.29 bits per heavy atom. The zero-order valence-corrected chi connectivity index (χ0v) is 8.66. The molecule has 0 aliphatic carbocycles. The molecule has 0 bridgehead atoms. The van der Waals surface area contributed by atoms with E-state index in [1.807, 2.05) is 13.8 Å². The molecule has 0 fully saturated rings. The van der Waals surface area contributed by atoms with Gasteiger partial charge >= 0.3 is 5.97 Å². The Balaban J connectivity index is 0.000000791. The summed E-state index contributed by atoms with van der Waals surface area (Å²) in [6, 6.07) is 8.19. The van der Waals surface area contributed by atoms with Crippen LogP contribution in [0.2, 0.25) is 0 Å². The molecule has 0 amide bonds. The summed E-state index contributed by atoms with van der Waals surface area (Å²) >= 11 is 0. The monoisotopic (exact) mass is 198 g/mol. The Bertz CT molecular complexity index is 259. The molecular weight excluding hydrogens is 183 g/mol. The second-order valence-corrected chi connectivity index (χ2v) is 2.30. The van der Waals surface area contributed by atoms with E-state index in [-0.39, 0.29) is 0 Å². The quantitative estimate of drug-likeness (QED) is 0.683. The summed E-state index contributed by atoms with van der Waals surface area (Å²) in [5.41, 5.74) is 0.323. The van der Waals surface area contributed by atoms with Gasteiger partial charge in [-0.25, -0.2) is 9.18 Å². The number of rotatable bonds is 2. The second-order valence-electron chi connectivity index (χ2n) is 2.30. The maximum Gasteiger partial charge on any atom is 0.345 e. The topological polar surface area (TPSA) is 26.3 Å². The second kappa shape index (κ2) is 7.06. The summed E-state index contributed by atoms with van der Waals surface area (Å²) in [6.07, 6.45) is -1.67. The van der Waals surface area contributed by atoms with E-state index in [0.717, 1.165) is 7.11 Å². The molecule has 0 aliphatic heterocycles. The Hall–Kier alpha value is -1.38. The molecular formula is C11H15FO2. The smallest absolute Gasteiger partial charge is 0.345 e. The highest BCUT2D eigenvalue weighted by atomic mass is 19.1. The Kier molecular flexibility index (Phi) is 6.37. The van der Waals surface area contributed by atoms with Crippen molar-refractivity contribution in [2.24, 2.45) is 0 Å². The van der Waals surface area contributed by atoms with Crippen molar-refractivity contribution in [3.05, 3.63) is 35.9 Å². The van der Waals surface area contributed by atoms with Crippen LogP contribution >= 0.6 is 0 Å². The third kappa shape index (κ3) is 3.56. The molecule has 0 saturated heterocycles. The molecule has 0 heterocycles. The molecule has 3 heteroatoms. The van der Waals surface area contributed by atoms with E-state index in [9.17, 15) is 9.18 Å². The number of carbonyl (C=O) groups is 1. The summed E-state index contributed by atoms with van der Waals surface area (Å²) in [5.74, 6) is -0.860. The first kappa shape index (κ1) is 12.6. The van der Waals surface area contributed by atoms with Crippen LogP contribution in [-0.4, -0.2) is 13.1 Å². The van der Waals surface area contributed by atoms with Gasteiger partial charge in [-0.2, -0.15) is 0 Å². The first-order chi connectivity index (χ1) is 6.75. The molecule has 1 unspecified atom stereocenters. The Morgan fingerprint density at radius 3 is 2.21 bits per heavy atom. The van der Waals surface area contributed by atoms with Gasteiger partial charge in [-0.15, -0.1) is 0 Å². The summed E-state index contributed by atoms with van der Waals surface area (Å²) in [4.78, 5) is 10.7. The third-order valence-corrected chi connectivity index (χ3v) is 1.50. The highest BCUT2D eigenvalue weighted by Crippen LogP contribution is 2.17. The predicted octanol–water partition coefficient (Wildman–Crippen LogP) is 2.90. The van der Waals surface area contributed by atoms with Crippen molar-refractivity contribution in [2.75, 3.05) is 7.11 Å². The van der Waals surface area contributed by atoms with E-state index in [2.05, 4.69) is 4.74 Å². The highest BCUT2D eigenvalue weighted by Gasteiger charge is 2.18. The number of hydrogen-bond donors (Lipinski definition) is 0. The van der Waals surface area contributed by atoms with Gasteiger partial charge in [-0.1, -0.05) is 44.2 Å². The van der Waals surface area contributed by atoms with Gasteiger partial charge in [0.05, 0.1) is 7.11 Å². The molecule has 1 aromatic rings. The minimum atomic E-state index is -1.67. The first-order valence-electron chi connectivity index (χ1n) is 4.52. The molecule has 14 heavy (non-hydrogen) atoms. The molecule has 0 saturated carbocycles. The average molecular weight is 198 g/mol. The van der Waals surface area contributed by atoms with Gasteiger partial charge in [0.2, 0.25) is 6.17 Å². The predicted molar refractivity (Wildman–Crippen MR) is 53.7 cm³/mol. The highest BCUT2D eigenvalue weighted by molar-refractivity contribution is 5.76. The van der Waals surface area contributed by atoms with Crippen molar-refractivity contribution in [1.82, 2.24) is 0 Å². The van der Waals surface area contributed by atoms with Crippen LogP contribution < -0.4 is 0 Å². The van der Waals surface area contributed by atoms with Crippen LogP contribution in [0.15, 0.2) is 30.3 Å². The Labute approximate surface area is 83.7 Å². The van der Waals surface area contributed by atoms with E-state index >= 15 is 0 Å². The maximum absolute atomic E-state index is 13.1. The van der Waals surface area contributed by atoms with Crippen LogP contribution in [0.25, 0.3) is 0 Å². The molecule has 0 radical (unpaired) electrons. The van der Waals surface area contributed by atoms with Crippen molar-refractivity contribution in [3.63, 3.8) is 0 Å². The van der Waals surface area contributed by atoms with Gasteiger partial charge < -0.3 is 4.74 Å². The molecule has 0 aliphatic rings. The molecule has 2 nitrogen and oxygen atoms in total. The molecule has 0 spiro atoms. The van der Waals surface area contributed by atoms with E-state index < -0.39 is 12.1 Å². The van der Waals surface area contributed by atoms with Crippen LogP contribution in [0.4, 0.5) is 4.39 Å². The van der Waals surface area contributed by atoms with E-state index in [1.165, 1.54) is 0 Å². The zero-order valence-electron chi connectivity index (χ0n) is 8.66. The van der Waals surface area contributed by atoms with E-state index in [0.29, 0.717) is 5.56 Å². The number of methoxy groups -OCH3 is 1. The lowest BCUT2D eigenvalue weighted by atomic mass is 10.1. The number of esters is 1. The van der Waals surface area contributed by atoms with Crippen LogP contribution in [0, 0.1) is 0 Å². The lowest BCUT2D eigenvalue weighted by Crippen LogP contribution is -2.09. The van der Waals surface area contributed by atoms with Gasteiger partial charge in [0, 0.05) is 0 Å². The largest absolute Gasteiger partial charge is 0.467 e. The molecule has 1 rings (SSSR count). The third-order valence-electron chi connectivity index (χ3n) is 1.50. The normalized spacial score (nSPS) is 10.9. The van der Waals surface area contributed by atoms with Gasteiger partial charge in [0.1, 0.15) is 0 Å². The van der Waals surface area contributed by atoms with Gasteiger partial charge in [0.15, 0.2) is 0 Å². The fourth-order valence-electron chi connectivity index (χ4n) is 0.862. The van der Waals surface area contributed by atoms with Crippen molar-refractivity contribution in [2.45, 2.75) is 20.0 Å². The molecule has 0 N–H and O–H groups in total. The minimum absolute atomic E-state index is 0.323. The Morgan fingerprint density at radius 2 is 1.79 bits per heavy atom. The van der Waals surface area contributed by atoms with Crippen molar-refractivity contribution >= 4 is 5.97 Å². The molecule has 1 atom stereocenters. The number of hydrogen-bond acceptors (Lipinski definition) is 2. The van der Waals surface area contributed by atoms with Crippen LogP contribution in [-0.2, 0) is 9.53 Å². The number of benzene rings is 1. The van der Waals surface area contributed by atoms with Crippen LogP contribution in [0.5, 0.6) is 0 Å². The van der Waals surface area contributed by atoms with Crippen molar-refractivity contribution < 1.29 is 13.9 Å². The number of ether oxygens (including phenoxy) is 1. The SMILES string of the molecule is CC.COC(=O)C(F)c1ccccc1. The number of carbonyl (C=O) groups excluding carboxylic acids is 1. The van der Waals surface area contributed by atoms with Crippen molar-refractivity contribution in [1.29, 1.82) is 0 Å². The summed E-state index contributed by atoms with van der Waals surface area (Å²) < 4.78 is 17.3. The summed E-state index contributed by atoms with van der Waals surface area (Å²) in [7, 11) is 1.16. The number of alkyl halides is 1. The fourth-order valence-corrected chi connectivity index (χ4v) is 0.862. The maximum atomic E-state index is 13.1. The van der Waals surface area contributed by atoms with Gasteiger partial charge in [-0.3, -0.25) is 0 Å². The van der Waals surface area contributed by atoms with E-state index in [1.54, 1.807) is 30.3 Å². The van der Waals surface area contributed by atoms with Gasteiger partial charge in [0.25, 0.3) is 0 Å². The summed E-state index contributed by atoms with van der Waals surface area (Å²) in [5, 5.41) is 0. The first-order valence-corrected chi connectivity index (χ1v) is 4.52. The van der Waals surface area contributed by atoms with Gasteiger partial charge in [-0.05, 0) is 5.56 Å². The lowest BCUT2D eigenvalue weighted by Gasteiger charge is -2.04. The van der Waals surface area contributed by atoms with E-state index in [4.69, 9.17) is 0 Å². The van der Waals surface area contributed by atoms with Crippen molar-refractivity contribution in [3.8, 4) is 0 Å². The molecule has 0 aromatic heterocycles. The van der Waals surface area contributed by atoms with Crippen LogP contribution in [0.3, 0.4) is 0 Å². The zero-order chi connectivity index (χ0) is 11.0. The summed E-state index contributed by atoms with van der Waals surface area (Å²) in [6.45, 7) is 4.00. The molecule has 78 valence electrons. The molecule has 1 aromatic carbocycles. The lowest BCUT2D eigenvalue weighted by molar-refractivity contribution is -0.146. The number of halogens is 1.